The van der Waals surface area contributed by atoms with Gasteiger partial charge in [0.1, 0.15) is 5.82 Å². The fraction of sp³-hybridized carbons (Fsp3) is 0.688. The first-order valence-corrected chi connectivity index (χ1v) is 7.68. The average Bonchev–Trinajstić information content (AvgIpc) is 2.63. The number of rotatable bonds is 5. The summed E-state index contributed by atoms with van der Waals surface area (Å²) in [6.45, 7) is 11.2. The van der Waals surface area contributed by atoms with Crippen LogP contribution in [-0.2, 0) is 11.3 Å². The van der Waals surface area contributed by atoms with E-state index in [1.807, 2.05) is 0 Å². The number of aromatic nitrogens is 1. The maximum absolute atomic E-state index is 5.69. The van der Waals surface area contributed by atoms with E-state index in [1.165, 1.54) is 0 Å². The SMILES string of the molecule is CC(C)CNCc1cccc(N2CCCOC(C)C2)n1. The van der Waals surface area contributed by atoms with Crippen molar-refractivity contribution in [1.29, 1.82) is 0 Å². The Bertz CT molecular complexity index is 408. The van der Waals surface area contributed by atoms with Crippen LogP contribution < -0.4 is 10.2 Å². The third-order valence-electron chi connectivity index (χ3n) is 3.43. The van der Waals surface area contributed by atoms with Crippen molar-refractivity contribution < 1.29 is 4.74 Å². The van der Waals surface area contributed by atoms with Gasteiger partial charge in [0.2, 0.25) is 0 Å². The van der Waals surface area contributed by atoms with E-state index < -0.39 is 0 Å². The Labute approximate surface area is 122 Å². The first-order chi connectivity index (χ1) is 9.65. The molecule has 1 aromatic heterocycles. The van der Waals surface area contributed by atoms with Gasteiger partial charge >= 0.3 is 0 Å². The smallest absolute Gasteiger partial charge is 0.128 e. The number of anilines is 1. The summed E-state index contributed by atoms with van der Waals surface area (Å²) in [4.78, 5) is 7.11. The molecule has 0 aliphatic carbocycles. The summed E-state index contributed by atoms with van der Waals surface area (Å²) in [5.74, 6) is 1.74. The lowest BCUT2D eigenvalue weighted by molar-refractivity contribution is 0.0820. The van der Waals surface area contributed by atoms with E-state index in [0.29, 0.717) is 5.92 Å². The molecule has 1 fully saturated rings. The first-order valence-electron chi connectivity index (χ1n) is 7.68. The Balaban J connectivity index is 1.97. The van der Waals surface area contributed by atoms with Crippen molar-refractivity contribution in [3.8, 4) is 0 Å². The zero-order chi connectivity index (χ0) is 14.4. The van der Waals surface area contributed by atoms with Crippen LogP contribution in [0, 0.1) is 5.92 Å². The van der Waals surface area contributed by atoms with E-state index in [-0.39, 0.29) is 6.10 Å². The molecule has 2 rings (SSSR count). The lowest BCUT2D eigenvalue weighted by Gasteiger charge is -2.23. The molecule has 0 aromatic carbocycles. The normalized spacial score (nSPS) is 20.2. The molecule has 4 nitrogen and oxygen atoms in total. The second-order valence-corrected chi connectivity index (χ2v) is 5.99. The molecule has 0 saturated carbocycles. The Morgan fingerprint density at radius 2 is 2.30 bits per heavy atom. The summed E-state index contributed by atoms with van der Waals surface area (Å²) in [7, 11) is 0. The summed E-state index contributed by atoms with van der Waals surface area (Å²) in [6, 6.07) is 6.30. The molecule has 1 aliphatic heterocycles. The monoisotopic (exact) mass is 277 g/mol. The lowest BCUT2D eigenvalue weighted by Crippen LogP contribution is -2.31. The molecule has 2 heterocycles. The van der Waals surface area contributed by atoms with Crippen LogP contribution in [-0.4, -0.2) is 37.3 Å². The summed E-state index contributed by atoms with van der Waals surface area (Å²) in [6.07, 6.45) is 1.35. The summed E-state index contributed by atoms with van der Waals surface area (Å²) < 4.78 is 5.69. The van der Waals surface area contributed by atoms with Gasteiger partial charge < -0.3 is 15.0 Å². The third-order valence-corrected chi connectivity index (χ3v) is 3.43. The molecule has 0 bridgehead atoms. The van der Waals surface area contributed by atoms with Crippen LogP contribution in [0.25, 0.3) is 0 Å². The van der Waals surface area contributed by atoms with Crippen molar-refractivity contribution in [3.05, 3.63) is 23.9 Å². The number of hydrogen-bond donors (Lipinski definition) is 1. The number of nitrogens with one attached hydrogen (secondary N) is 1. The van der Waals surface area contributed by atoms with Gasteiger partial charge in [-0.05, 0) is 37.9 Å². The highest BCUT2D eigenvalue weighted by atomic mass is 16.5. The van der Waals surface area contributed by atoms with Gasteiger partial charge in [-0.1, -0.05) is 19.9 Å². The molecule has 4 heteroatoms. The molecule has 1 unspecified atom stereocenters. The summed E-state index contributed by atoms with van der Waals surface area (Å²) in [5.41, 5.74) is 1.11. The van der Waals surface area contributed by atoms with E-state index in [4.69, 9.17) is 9.72 Å². The van der Waals surface area contributed by atoms with E-state index >= 15 is 0 Å². The summed E-state index contributed by atoms with van der Waals surface area (Å²) in [5, 5.41) is 3.45. The molecule has 1 atom stereocenters. The van der Waals surface area contributed by atoms with Crippen LogP contribution in [0.1, 0.15) is 32.9 Å². The van der Waals surface area contributed by atoms with Crippen molar-refractivity contribution in [2.45, 2.75) is 39.8 Å². The van der Waals surface area contributed by atoms with Crippen molar-refractivity contribution in [2.75, 3.05) is 31.1 Å². The first kappa shape index (κ1) is 15.3. The molecule has 1 N–H and O–H groups in total. The predicted octanol–water partition coefficient (Wildman–Crippen LogP) is 2.44. The fourth-order valence-corrected chi connectivity index (χ4v) is 2.43. The molecule has 0 amide bonds. The van der Waals surface area contributed by atoms with Gasteiger partial charge in [-0.2, -0.15) is 0 Å². The highest BCUT2D eigenvalue weighted by molar-refractivity contribution is 5.39. The molecule has 1 saturated heterocycles. The zero-order valence-corrected chi connectivity index (χ0v) is 12.9. The van der Waals surface area contributed by atoms with Gasteiger partial charge in [-0.15, -0.1) is 0 Å². The van der Waals surface area contributed by atoms with Crippen LogP contribution in [0.2, 0.25) is 0 Å². The van der Waals surface area contributed by atoms with Gasteiger partial charge in [0, 0.05) is 26.2 Å². The predicted molar refractivity (Wildman–Crippen MR) is 83.0 cm³/mol. The van der Waals surface area contributed by atoms with Gasteiger partial charge in [0.25, 0.3) is 0 Å². The standard InChI is InChI=1S/C16H27N3O/c1-13(2)10-17-11-15-6-4-7-16(18-15)19-8-5-9-20-14(3)12-19/h4,6-7,13-14,17H,5,8-12H2,1-3H3. The maximum atomic E-state index is 5.69. The largest absolute Gasteiger partial charge is 0.377 e. The molecule has 1 aromatic rings. The van der Waals surface area contributed by atoms with E-state index in [2.05, 4.69) is 49.2 Å². The average molecular weight is 277 g/mol. The van der Waals surface area contributed by atoms with Crippen LogP contribution in [0.3, 0.4) is 0 Å². The molecule has 1 aliphatic rings. The van der Waals surface area contributed by atoms with Crippen molar-refractivity contribution >= 4 is 5.82 Å². The van der Waals surface area contributed by atoms with Crippen LogP contribution in [0.4, 0.5) is 5.82 Å². The van der Waals surface area contributed by atoms with Gasteiger partial charge in [0.15, 0.2) is 0 Å². The fourth-order valence-electron chi connectivity index (χ4n) is 2.43. The van der Waals surface area contributed by atoms with Crippen LogP contribution in [0.15, 0.2) is 18.2 Å². The van der Waals surface area contributed by atoms with Gasteiger partial charge in [-0.25, -0.2) is 4.98 Å². The Kier molecular flexibility index (Phi) is 5.80. The lowest BCUT2D eigenvalue weighted by atomic mass is 10.2. The maximum Gasteiger partial charge on any atom is 0.128 e. The van der Waals surface area contributed by atoms with Crippen LogP contribution in [0.5, 0.6) is 0 Å². The van der Waals surface area contributed by atoms with E-state index in [1.54, 1.807) is 0 Å². The molecule has 20 heavy (non-hydrogen) atoms. The molecule has 0 spiro atoms. The van der Waals surface area contributed by atoms with Crippen molar-refractivity contribution in [1.82, 2.24) is 10.3 Å². The number of ether oxygens (including phenoxy) is 1. The van der Waals surface area contributed by atoms with Gasteiger partial charge in [0.05, 0.1) is 11.8 Å². The van der Waals surface area contributed by atoms with Crippen molar-refractivity contribution in [2.24, 2.45) is 5.92 Å². The number of pyridine rings is 1. The van der Waals surface area contributed by atoms with Crippen LogP contribution >= 0.6 is 0 Å². The molecular weight excluding hydrogens is 250 g/mol. The Morgan fingerprint density at radius 3 is 3.10 bits per heavy atom. The Hall–Kier alpha value is -1.13. The van der Waals surface area contributed by atoms with Crippen molar-refractivity contribution in [3.63, 3.8) is 0 Å². The zero-order valence-electron chi connectivity index (χ0n) is 12.9. The van der Waals surface area contributed by atoms with E-state index in [0.717, 1.165) is 50.7 Å². The number of nitrogens with zero attached hydrogens (tertiary/aromatic N) is 2. The second kappa shape index (κ2) is 7.60. The Morgan fingerprint density at radius 1 is 1.45 bits per heavy atom. The third kappa shape index (κ3) is 4.76. The highest BCUT2D eigenvalue weighted by Crippen LogP contribution is 2.15. The van der Waals surface area contributed by atoms with Gasteiger partial charge in [-0.3, -0.25) is 0 Å². The second-order valence-electron chi connectivity index (χ2n) is 5.99. The number of hydrogen-bond acceptors (Lipinski definition) is 4. The van der Waals surface area contributed by atoms with E-state index in [9.17, 15) is 0 Å². The minimum absolute atomic E-state index is 0.280. The molecular formula is C16H27N3O. The molecule has 0 radical (unpaired) electrons. The minimum atomic E-state index is 0.280. The summed E-state index contributed by atoms with van der Waals surface area (Å²) >= 11 is 0. The molecule has 112 valence electrons. The quantitative estimate of drug-likeness (QED) is 0.897. The topological polar surface area (TPSA) is 37.4 Å². The minimum Gasteiger partial charge on any atom is -0.377 e. The highest BCUT2D eigenvalue weighted by Gasteiger charge is 2.16.